The zero-order valence-corrected chi connectivity index (χ0v) is 12.2. The van der Waals surface area contributed by atoms with E-state index in [0.29, 0.717) is 12.8 Å². The van der Waals surface area contributed by atoms with Gasteiger partial charge >= 0.3 is 12.1 Å². The van der Waals surface area contributed by atoms with E-state index in [1.807, 2.05) is 0 Å². The first-order valence-corrected chi connectivity index (χ1v) is 7.01. The van der Waals surface area contributed by atoms with E-state index in [0.717, 1.165) is 12.8 Å². The molecule has 0 aromatic heterocycles. The summed E-state index contributed by atoms with van der Waals surface area (Å²) in [6.45, 7) is 4.80. The average molecular weight is 287 g/mol. The maximum Gasteiger partial charge on any atom is 0.410 e. The van der Waals surface area contributed by atoms with Gasteiger partial charge in [-0.15, -0.1) is 0 Å². The van der Waals surface area contributed by atoms with Gasteiger partial charge in [-0.25, -0.2) is 14.0 Å². The highest BCUT2D eigenvalue weighted by Gasteiger charge is 2.60. The second-order valence-corrected chi connectivity index (χ2v) is 6.95. The Bertz CT molecular complexity index is 425. The number of ether oxygens (including phenoxy) is 1. The van der Waals surface area contributed by atoms with Crippen LogP contribution in [0.4, 0.5) is 9.18 Å². The molecule has 1 spiro atoms. The summed E-state index contributed by atoms with van der Waals surface area (Å²) < 4.78 is 19.8. The highest BCUT2D eigenvalue weighted by Crippen LogP contribution is 2.48. The van der Waals surface area contributed by atoms with Crippen LogP contribution >= 0.6 is 0 Å². The molecular weight excluding hydrogens is 265 g/mol. The van der Waals surface area contributed by atoms with E-state index >= 15 is 0 Å². The molecule has 1 aliphatic heterocycles. The van der Waals surface area contributed by atoms with Crippen molar-refractivity contribution >= 4 is 12.1 Å². The molecule has 1 aliphatic carbocycles. The number of carbonyl (C=O) groups excluding carboxylic acids is 1. The Hall–Kier alpha value is -1.33. The third-order valence-corrected chi connectivity index (χ3v) is 4.12. The second kappa shape index (κ2) is 4.60. The third kappa shape index (κ3) is 2.60. The molecule has 1 heterocycles. The molecule has 2 aliphatic rings. The van der Waals surface area contributed by atoms with Crippen molar-refractivity contribution in [3.8, 4) is 0 Å². The van der Waals surface area contributed by atoms with Crippen molar-refractivity contribution in [1.29, 1.82) is 0 Å². The summed E-state index contributed by atoms with van der Waals surface area (Å²) in [5.41, 5.74) is -3.72. The lowest BCUT2D eigenvalue weighted by atomic mass is 9.89. The fourth-order valence-electron chi connectivity index (χ4n) is 3.29. The molecule has 1 amide bonds. The van der Waals surface area contributed by atoms with Crippen LogP contribution in [-0.2, 0) is 9.53 Å². The van der Waals surface area contributed by atoms with Crippen LogP contribution in [0.3, 0.4) is 0 Å². The molecule has 0 aromatic rings. The van der Waals surface area contributed by atoms with E-state index in [4.69, 9.17) is 9.84 Å². The number of hydrogen-bond donors (Lipinski definition) is 1. The average Bonchev–Trinajstić information content (AvgIpc) is 2.83. The summed E-state index contributed by atoms with van der Waals surface area (Å²) in [7, 11) is 0. The lowest BCUT2D eigenvalue weighted by molar-refractivity contribution is -0.150. The molecule has 20 heavy (non-hydrogen) atoms. The molecule has 5 nitrogen and oxygen atoms in total. The molecule has 0 radical (unpaired) electrons. The smallest absolute Gasteiger partial charge is 0.410 e. The second-order valence-electron chi connectivity index (χ2n) is 6.95. The number of aliphatic carboxylic acids is 1. The van der Waals surface area contributed by atoms with Gasteiger partial charge in [0.1, 0.15) is 5.60 Å². The summed E-state index contributed by atoms with van der Waals surface area (Å²) in [5.74, 6) is -1.49. The maximum atomic E-state index is 14.5. The number of carbonyl (C=O) groups is 2. The van der Waals surface area contributed by atoms with Crippen molar-refractivity contribution in [2.75, 3.05) is 6.54 Å². The number of rotatable bonds is 1. The van der Waals surface area contributed by atoms with E-state index < -0.39 is 35.4 Å². The molecule has 1 N–H and O–H groups in total. The molecule has 2 fully saturated rings. The Balaban J connectivity index is 2.25. The van der Waals surface area contributed by atoms with Crippen LogP contribution in [0.1, 0.15) is 52.9 Å². The number of amides is 1. The minimum atomic E-state index is -2.36. The predicted molar refractivity (Wildman–Crippen MR) is 70.2 cm³/mol. The quantitative estimate of drug-likeness (QED) is 0.805. The Morgan fingerprint density at radius 2 is 1.80 bits per heavy atom. The van der Waals surface area contributed by atoms with Crippen molar-refractivity contribution < 1.29 is 23.8 Å². The van der Waals surface area contributed by atoms with Crippen molar-refractivity contribution in [3.63, 3.8) is 0 Å². The van der Waals surface area contributed by atoms with Crippen LogP contribution in [0, 0.1) is 0 Å². The molecule has 114 valence electrons. The van der Waals surface area contributed by atoms with Crippen LogP contribution in [0.25, 0.3) is 0 Å². The van der Waals surface area contributed by atoms with Gasteiger partial charge in [0.05, 0.1) is 12.1 Å². The van der Waals surface area contributed by atoms with E-state index in [-0.39, 0.29) is 6.42 Å². The summed E-state index contributed by atoms with van der Waals surface area (Å²) in [6.07, 6.45) is 2.31. The first-order valence-electron chi connectivity index (χ1n) is 7.01. The van der Waals surface area contributed by atoms with Crippen molar-refractivity contribution in [2.24, 2.45) is 0 Å². The van der Waals surface area contributed by atoms with Crippen LogP contribution in [0.15, 0.2) is 0 Å². The number of nitrogens with zero attached hydrogens (tertiary/aromatic N) is 1. The topological polar surface area (TPSA) is 66.8 Å². The summed E-state index contributed by atoms with van der Waals surface area (Å²) in [6, 6.07) is 0. The minimum Gasteiger partial charge on any atom is -0.479 e. The number of alkyl halides is 1. The molecule has 1 atom stereocenters. The maximum absolute atomic E-state index is 14.5. The summed E-state index contributed by atoms with van der Waals surface area (Å²) in [4.78, 5) is 24.8. The van der Waals surface area contributed by atoms with E-state index in [9.17, 15) is 14.0 Å². The fourth-order valence-corrected chi connectivity index (χ4v) is 3.29. The zero-order valence-electron chi connectivity index (χ0n) is 12.2. The Morgan fingerprint density at radius 3 is 2.25 bits per heavy atom. The molecule has 1 unspecified atom stereocenters. The lowest BCUT2D eigenvalue weighted by Crippen LogP contribution is -2.47. The molecule has 1 saturated heterocycles. The zero-order chi connectivity index (χ0) is 15.2. The standard InChI is InChI=1S/C14H22FNO4/c1-12(2,3)20-11(19)16-9-14(15,10(17)18)8-13(16)6-4-5-7-13/h4-9H2,1-3H3,(H,17,18). The van der Waals surface area contributed by atoms with Gasteiger partial charge < -0.3 is 9.84 Å². The molecule has 0 bridgehead atoms. The van der Waals surface area contributed by atoms with Crippen LogP contribution in [0.2, 0.25) is 0 Å². The van der Waals surface area contributed by atoms with Gasteiger partial charge in [-0.2, -0.15) is 0 Å². The molecular formula is C14H22FNO4. The summed E-state index contributed by atoms with van der Waals surface area (Å²) in [5, 5.41) is 9.09. The van der Waals surface area contributed by atoms with Crippen molar-refractivity contribution in [2.45, 2.75) is 69.7 Å². The number of carboxylic acid groups (broad SMARTS) is 1. The highest BCUT2D eigenvalue weighted by atomic mass is 19.1. The van der Waals surface area contributed by atoms with E-state index in [1.165, 1.54) is 4.90 Å². The normalized spacial score (nSPS) is 28.9. The third-order valence-electron chi connectivity index (χ3n) is 4.12. The van der Waals surface area contributed by atoms with Crippen LogP contribution < -0.4 is 0 Å². The highest BCUT2D eigenvalue weighted by molar-refractivity contribution is 5.81. The Kier molecular flexibility index (Phi) is 3.47. The van der Waals surface area contributed by atoms with Gasteiger partial charge in [-0.3, -0.25) is 4.90 Å². The first-order chi connectivity index (χ1) is 9.08. The Morgan fingerprint density at radius 1 is 1.25 bits per heavy atom. The number of carboxylic acids is 1. The molecule has 2 rings (SSSR count). The Labute approximate surface area is 118 Å². The van der Waals surface area contributed by atoms with Crippen molar-refractivity contribution in [1.82, 2.24) is 4.90 Å². The number of likely N-dealkylation sites (tertiary alicyclic amines) is 1. The SMILES string of the molecule is CC(C)(C)OC(=O)N1CC(F)(C(=O)O)CC12CCCC2. The molecule has 0 aromatic carbocycles. The van der Waals surface area contributed by atoms with E-state index in [2.05, 4.69) is 0 Å². The molecule has 1 saturated carbocycles. The fraction of sp³-hybridized carbons (Fsp3) is 0.857. The number of hydrogen-bond acceptors (Lipinski definition) is 3. The van der Waals surface area contributed by atoms with Gasteiger partial charge in [0.25, 0.3) is 0 Å². The monoisotopic (exact) mass is 287 g/mol. The van der Waals surface area contributed by atoms with Gasteiger partial charge in [0, 0.05) is 6.42 Å². The molecule has 6 heteroatoms. The first kappa shape index (κ1) is 15.1. The number of halogens is 1. The van der Waals surface area contributed by atoms with Crippen LogP contribution in [-0.4, -0.2) is 45.4 Å². The largest absolute Gasteiger partial charge is 0.479 e. The van der Waals surface area contributed by atoms with Gasteiger partial charge in [-0.1, -0.05) is 12.8 Å². The van der Waals surface area contributed by atoms with Gasteiger partial charge in [0.2, 0.25) is 5.67 Å². The summed E-state index contributed by atoms with van der Waals surface area (Å²) >= 11 is 0. The van der Waals surface area contributed by atoms with Gasteiger partial charge in [-0.05, 0) is 33.6 Å². The van der Waals surface area contributed by atoms with Crippen LogP contribution in [0.5, 0.6) is 0 Å². The van der Waals surface area contributed by atoms with E-state index in [1.54, 1.807) is 20.8 Å². The lowest BCUT2D eigenvalue weighted by Gasteiger charge is -2.35. The van der Waals surface area contributed by atoms with Crippen molar-refractivity contribution in [3.05, 3.63) is 0 Å². The predicted octanol–water partition coefficient (Wildman–Crippen LogP) is 2.73. The minimum absolute atomic E-state index is 0.130. The van der Waals surface area contributed by atoms with Gasteiger partial charge in [0.15, 0.2) is 0 Å².